The second kappa shape index (κ2) is 8.64. The van der Waals surface area contributed by atoms with Gasteiger partial charge in [0.2, 0.25) is 0 Å². The van der Waals surface area contributed by atoms with E-state index in [1.165, 1.54) is 17.7 Å². The highest BCUT2D eigenvalue weighted by atomic mass is 32.1. The zero-order chi connectivity index (χ0) is 16.7. The Morgan fingerprint density at radius 2 is 2.04 bits per heavy atom. The van der Waals surface area contributed by atoms with Gasteiger partial charge in [-0.25, -0.2) is 0 Å². The maximum Gasteiger partial charge on any atom is 0.269 e. The van der Waals surface area contributed by atoms with Crippen LogP contribution in [-0.4, -0.2) is 23.6 Å². The van der Waals surface area contributed by atoms with Crippen LogP contribution in [0.5, 0.6) is 5.75 Å². The van der Waals surface area contributed by atoms with E-state index in [4.69, 9.17) is 4.74 Å². The van der Waals surface area contributed by atoms with E-state index in [9.17, 15) is 10.1 Å². The molecule has 2 atom stereocenters. The lowest BCUT2D eigenvalue weighted by molar-refractivity contribution is -0.384. The molecule has 0 bridgehead atoms. The van der Waals surface area contributed by atoms with Gasteiger partial charge in [-0.2, -0.15) is 11.3 Å². The average molecular weight is 334 g/mol. The summed E-state index contributed by atoms with van der Waals surface area (Å²) in [5.41, 5.74) is 1.42. The lowest BCUT2D eigenvalue weighted by atomic mass is 10.1. The molecule has 2 aromatic rings. The summed E-state index contributed by atoms with van der Waals surface area (Å²) < 4.78 is 5.90. The number of ether oxygens (including phenoxy) is 1. The molecule has 23 heavy (non-hydrogen) atoms. The van der Waals surface area contributed by atoms with Crippen LogP contribution in [0, 0.1) is 10.1 Å². The van der Waals surface area contributed by atoms with Crippen molar-refractivity contribution in [1.29, 1.82) is 0 Å². The van der Waals surface area contributed by atoms with Crippen molar-refractivity contribution in [2.45, 2.75) is 38.8 Å². The van der Waals surface area contributed by atoms with E-state index in [2.05, 4.69) is 36.0 Å². The number of benzene rings is 1. The van der Waals surface area contributed by atoms with E-state index in [1.54, 1.807) is 23.5 Å². The first kappa shape index (κ1) is 17.4. The molecule has 5 nitrogen and oxygen atoms in total. The summed E-state index contributed by atoms with van der Waals surface area (Å²) >= 11 is 1.71. The highest BCUT2D eigenvalue weighted by Crippen LogP contribution is 2.19. The molecule has 1 N–H and O–H groups in total. The van der Waals surface area contributed by atoms with Crippen molar-refractivity contribution in [2.24, 2.45) is 0 Å². The molecule has 1 aromatic heterocycles. The van der Waals surface area contributed by atoms with Gasteiger partial charge in [0.15, 0.2) is 0 Å². The van der Waals surface area contributed by atoms with Crippen LogP contribution in [0.1, 0.15) is 25.8 Å². The van der Waals surface area contributed by atoms with Crippen molar-refractivity contribution < 1.29 is 9.66 Å². The number of hydrogen-bond donors (Lipinski definition) is 1. The number of nitro benzene ring substituents is 1. The van der Waals surface area contributed by atoms with Crippen molar-refractivity contribution >= 4 is 17.0 Å². The first-order valence-corrected chi connectivity index (χ1v) is 8.68. The lowest BCUT2D eigenvalue weighted by Gasteiger charge is -2.21. The monoisotopic (exact) mass is 334 g/mol. The predicted octanol–water partition coefficient (Wildman–Crippen LogP) is 4.03. The smallest absolute Gasteiger partial charge is 0.269 e. The highest BCUT2D eigenvalue weighted by molar-refractivity contribution is 7.07. The van der Waals surface area contributed by atoms with Gasteiger partial charge in [0.1, 0.15) is 11.9 Å². The summed E-state index contributed by atoms with van der Waals surface area (Å²) in [6.45, 7) is 4.98. The van der Waals surface area contributed by atoms with Crippen LogP contribution in [-0.2, 0) is 6.42 Å². The Bertz CT molecular complexity index is 599. The molecule has 2 rings (SSSR count). The van der Waals surface area contributed by atoms with E-state index in [0.29, 0.717) is 11.8 Å². The van der Waals surface area contributed by atoms with Crippen molar-refractivity contribution in [3.05, 3.63) is 56.8 Å². The molecule has 124 valence electrons. The zero-order valence-electron chi connectivity index (χ0n) is 13.4. The molecule has 0 aliphatic heterocycles. The van der Waals surface area contributed by atoms with Crippen LogP contribution < -0.4 is 10.1 Å². The van der Waals surface area contributed by atoms with Gasteiger partial charge < -0.3 is 10.1 Å². The second-order valence-corrected chi connectivity index (χ2v) is 6.32. The Balaban J connectivity index is 1.81. The van der Waals surface area contributed by atoms with Gasteiger partial charge in [0.25, 0.3) is 5.69 Å². The molecule has 0 aliphatic rings. The van der Waals surface area contributed by atoms with Gasteiger partial charge in [-0.3, -0.25) is 10.1 Å². The Morgan fingerprint density at radius 3 is 2.61 bits per heavy atom. The number of nitrogens with zero attached hydrogens (tertiary/aromatic N) is 1. The van der Waals surface area contributed by atoms with Crippen LogP contribution in [0.4, 0.5) is 5.69 Å². The Hall–Kier alpha value is -1.92. The molecule has 0 saturated heterocycles. The minimum absolute atomic E-state index is 0.0429. The third kappa shape index (κ3) is 5.65. The number of rotatable bonds is 9. The molecule has 0 amide bonds. The van der Waals surface area contributed by atoms with Crippen LogP contribution in [0.25, 0.3) is 0 Å². The first-order valence-electron chi connectivity index (χ1n) is 7.74. The fourth-order valence-electron chi connectivity index (χ4n) is 2.28. The third-order valence-corrected chi connectivity index (χ3v) is 4.35. The molecule has 0 fully saturated rings. The number of nitrogens with one attached hydrogen (secondary N) is 1. The quantitative estimate of drug-likeness (QED) is 0.555. The van der Waals surface area contributed by atoms with Crippen LogP contribution >= 0.6 is 11.3 Å². The molecule has 0 aliphatic carbocycles. The predicted molar refractivity (Wildman–Crippen MR) is 93.3 cm³/mol. The van der Waals surface area contributed by atoms with Crippen LogP contribution in [0.2, 0.25) is 0 Å². The zero-order valence-corrected chi connectivity index (χ0v) is 14.2. The van der Waals surface area contributed by atoms with E-state index >= 15 is 0 Å². The molecule has 2 unspecified atom stereocenters. The summed E-state index contributed by atoms with van der Waals surface area (Å²) in [7, 11) is 0. The van der Waals surface area contributed by atoms with Gasteiger partial charge in [-0.1, -0.05) is 6.92 Å². The summed E-state index contributed by atoms with van der Waals surface area (Å²) in [5, 5.41) is 18.4. The largest absolute Gasteiger partial charge is 0.489 e. The maximum absolute atomic E-state index is 10.7. The molecule has 6 heteroatoms. The van der Waals surface area contributed by atoms with E-state index in [-0.39, 0.29) is 11.8 Å². The fraction of sp³-hybridized carbons (Fsp3) is 0.412. The van der Waals surface area contributed by atoms with Gasteiger partial charge in [0.05, 0.1) is 4.92 Å². The summed E-state index contributed by atoms with van der Waals surface area (Å²) in [6, 6.07) is 8.75. The fourth-order valence-corrected chi connectivity index (χ4v) is 2.96. The van der Waals surface area contributed by atoms with Gasteiger partial charge in [-0.05, 0) is 54.3 Å². The lowest BCUT2D eigenvalue weighted by Crippen LogP contribution is -2.37. The Morgan fingerprint density at radius 1 is 1.30 bits per heavy atom. The minimum Gasteiger partial charge on any atom is -0.489 e. The third-order valence-electron chi connectivity index (χ3n) is 3.62. The minimum atomic E-state index is -0.408. The molecular formula is C17H22N2O3S. The number of hydrogen-bond acceptors (Lipinski definition) is 5. The maximum atomic E-state index is 10.7. The highest BCUT2D eigenvalue weighted by Gasteiger charge is 2.12. The number of thiophene rings is 1. The topological polar surface area (TPSA) is 64.4 Å². The van der Waals surface area contributed by atoms with Crippen molar-refractivity contribution in [2.75, 3.05) is 6.54 Å². The van der Waals surface area contributed by atoms with E-state index < -0.39 is 4.92 Å². The normalized spacial score (nSPS) is 13.5. The standard InChI is InChI=1S/C17H22N2O3S/c1-3-16(11-18-13(2)10-14-8-9-23-12-14)22-17-6-4-15(5-7-17)19(20)21/h4-9,12-13,16,18H,3,10-11H2,1-2H3. The number of nitro groups is 1. The SMILES string of the molecule is CCC(CNC(C)Cc1ccsc1)Oc1ccc([N+](=O)[O-])cc1. The summed E-state index contributed by atoms with van der Waals surface area (Å²) in [4.78, 5) is 10.2. The van der Waals surface area contributed by atoms with Gasteiger partial charge >= 0.3 is 0 Å². The van der Waals surface area contributed by atoms with Crippen LogP contribution in [0.15, 0.2) is 41.1 Å². The number of non-ortho nitro benzene ring substituents is 1. The summed E-state index contributed by atoms with van der Waals surface area (Å²) in [5.74, 6) is 0.662. The summed E-state index contributed by atoms with van der Waals surface area (Å²) in [6.07, 6.45) is 1.91. The van der Waals surface area contributed by atoms with Crippen molar-refractivity contribution in [3.63, 3.8) is 0 Å². The van der Waals surface area contributed by atoms with Crippen molar-refractivity contribution in [3.8, 4) is 5.75 Å². The van der Waals surface area contributed by atoms with Crippen LogP contribution in [0.3, 0.4) is 0 Å². The Kier molecular flexibility index (Phi) is 6.55. The van der Waals surface area contributed by atoms with Crippen molar-refractivity contribution in [1.82, 2.24) is 5.32 Å². The molecule has 1 heterocycles. The molecule has 1 aromatic carbocycles. The average Bonchev–Trinajstić information content (AvgIpc) is 3.04. The van der Waals surface area contributed by atoms with E-state index in [0.717, 1.165) is 19.4 Å². The molecular weight excluding hydrogens is 312 g/mol. The molecule has 0 radical (unpaired) electrons. The van der Waals surface area contributed by atoms with Gasteiger partial charge in [0, 0.05) is 24.7 Å². The molecule has 0 spiro atoms. The van der Waals surface area contributed by atoms with E-state index in [1.807, 2.05) is 0 Å². The second-order valence-electron chi connectivity index (χ2n) is 5.54. The molecule has 0 saturated carbocycles. The Labute approximate surface area is 140 Å². The first-order chi connectivity index (χ1) is 11.1. The van der Waals surface area contributed by atoms with Gasteiger partial charge in [-0.15, -0.1) is 0 Å².